The predicted molar refractivity (Wildman–Crippen MR) is 133 cm³/mol. The summed E-state index contributed by atoms with van der Waals surface area (Å²) in [5.74, 6) is 2.48. The van der Waals surface area contributed by atoms with Gasteiger partial charge < -0.3 is 9.80 Å². The molecule has 0 aliphatic carbocycles. The zero-order valence-electron chi connectivity index (χ0n) is 20.4. The molecule has 1 aliphatic rings. The van der Waals surface area contributed by atoms with Gasteiger partial charge in [0.1, 0.15) is 5.82 Å². The van der Waals surface area contributed by atoms with E-state index in [1.807, 2.05) is 23.1 Å². The van der Waals surface area contributed by atoms with Crippen LogP contribution in [0.2, 0.25) is 0 Å². The van der Waals surface area contributed by atoms with Crippen LogP contribution in [-0.2, 0) is 4.79 Å². The first kappa shape index (κ1) is 24.2. The lowest BCUT2D eigenvalue weighted by Crippen LogP contribution is -2.49. The highest BCUT2D eigenvalue weighted by molar-refractivity contribution is 5.76. The molecule has 2 heterocycles. The lowest BCUT2D eigenvalue weighted by Gasteiger charge is -2.37. The Hall–Kier alpha value is -2.43. The molecule has 0 radical (unpaired) electrons. The van der Waals surface area contributed by atoms with Gasteiger partial charge in [0.2, 0.25) is 5.91 Å². The second-order valence-corrected chi connectivity index (χ2v) is 9.28. The molecule has 0 unspecified atom stereocenters. The molecule has 1 aromatic carbocycles. The molecule has 1 amide bonds. The van der Waals surface area contributed by atoms with E-state index >= 15 is 0 Å². The van der Waals surface area contributed by atoms with Crippen LogP contribution >= 0.6 is 0 Å². The largest absolute Gasteiger partial charge is 0.353 e. The lowest BCUT2D eigenvalue weighted by molar-refractivity contribution is -0.131. The van der Waals surface area contributed by atoms with Gasteiger partial charge in [-0.25, -0.2) is 9.97 Å². The Morgan fingerprint density at radius 1 is 0.938 bits per heavy atom. The number of carbonyl (C=O) groups excluding carboxylic acids is 1. The molecule has 0 spiro atoms. The first-order valence-corrected chi connectivity index (χ1v) is 12.5. The molecule has 3 rings (SSSR count). The quantitative estimate of drug-likeness (QED) is 0.430. The number of hydrogen-bond acceptors (Lipinski definition) is 4. The number of aryl methyl sites for hydroxylation is 1. The smallest absolute Gasteiger partial charge is 0.222 e. The zero-order valence-corrected chi connectivity index (χ0v) is 20.4. The Morgan fingerprint density at radius 3 is 2.25 bits per heavy atom. The Morgan fingerprint density at radius 2 is 1.59 bits per heavy atom. The second kappa shape index (κ2) is 12.0. The number of hydrogen-bond donors (Lipinski definition) is 0. The molecule has 1 aromatic heterocycles. The summed E-state index contributed by atoms with van der Waals surface area (Å²) in [6.07, 6.45) is 8.00. The predicted octanol–water partition coefficient (Wildman–Crippen LogP) is 5.97. The molecular weight excluding hydrogens is 396 g/mol. The van der Waals surface area contributed by atoms with E-state index < -0.39 is 0 Å². The molecule has 0 N–H and O–H groups in total. The van der Waals surface area contributed by atoms with Crippen molar-refractivity contribution in [3.63, 3.8) is 0 Å². The Labute approximate surface area is 194 Å². The van der Waals surface area contributed by atoms with E-state index in [4.69, 9.17) is 9.97 Å². The minimum absolute atomic E-state index is 0.313. The van der Waals surface area contributed by atoms with Crippen LogP contribution in [0.3, 0.4) is 0 Å². The number of piperazine rings is 1. The molecule has 174 valence electrons. The molecule has 32 heavy (non-hydrogen) atoms. The molecule has 5 nitrogen and oxygen atoms in total. The monoisotopic (exact) mass is 436 g/mol. The van der Waals surface area contributed by atoms with E-state index in [-0.39, 0.29) is 0 Å². The van der Waals surface area contributed by atoms with Gasteiger partial charge in [-0.3, -0.25) is 4.79 Å². The van der Waals surface area contributed by atoms with Crippen molar-refractivity contribution in [2.24, 2.45) is 0 Å². The normalized spacial score (nSPS) is 14.3. The number of carbonyl (C=O) groups is 1. The number of anilines is 1. The van der Waals surface area contributed by atoms with Crippen LogP contribution in [-0.4, -0.2) is 47.0 Å². The fourth-order valence-electron chi connectivity index (χ4n) is 4.58. The zero-order chi connectivity index (χ0) is 22.9. The molecule has 5 heteroatoms. The summed E-state index contributed by atoms with van der Waals surface area (Å²) >= 11 is 0. The van der Waals surface area contributed by atoms with Gasteiger partial charge in [-0.05, 0) is 19.3 Å². The van der Waals surface area contributed by atoms with Crippen LogP contribution in [0.25, 0.3) is 11.4 Å². The van der Waals surface area contributed by atoms with Gasteiger partial charge in [0.15, 0.2) is 5.82 Å². The molecular formula is C27H40N4O. The van der Waals surface area contributed by atoms with E-state index in [0.717, 1.165) is 55.5 Å². The Balaban J connectivity index is 1.64. The summed E-state index contributed by atoms with van der Waals surface area (Å²) in [7, 11) is 0. The Kier molecular flexibility index (Phi) is 9.07. The summed E-state index contributed by atoms with van der Waals surface area (Å²) < 4.78 is 0. The average molecular weight is 437 g/mol. The summed E-state index contributed by atoms with van der Waals surface area (Å²) in [5.41, 5.74) is 3.31. The van der Waals surface area contributed by atoms with Gasteiger partial charge in [-0.15, -0.1) is 0 Å². The van der Waals surface area contributed by atoms with Crippen molar-refractivity contribution < 1.29 is 4.79 Å². The van der Waals surface area contributed by atoms with Crippen molar-refractivity contribution in [1.29, 1.82) is 0 Å². The molecule has 1 aliphatic heterocycles. The van der Waals surface area contributed by atoms with Crippen molar-refractivity contribution in [2.75, 3.05) is 31.1 Å². The maximum absolute atomic E-state index is 12.7. The highest BCUT2D eigenvalue weighted by Crippen LogP contribution is 2.31. The van der Waals surface area contributed by atoms with Crippen molar-refractivity contribution in [3.05, 3.63) is 41.6 Å². The van der Waals surface area contributed by atoms with Crippen LogP contribution in [0.4, 0.5) is 5.82 Å². The van der Waals surface area contributed by atoms with E-state index in [1.54, 1.807) is 0 Å². The van der Waals surface area contributed by atoms with Crippen LogP contribution in [0, 0.1) is 6.92 Å². The third kappa shape index (κ3) is 6.30. The maximum atomic E-state index is 12.7. The minimum atomic E-state index is 0.313. The third-order valence-electron chi connectivity index (χ3n) is 6.40. The molecule has 1 saturated heterocycles. The molecule has 2 aromatic rings. The van der Waals surface area contributed by atoms with E-state index in [0.29, 0.717) is 18.2 Å². The summed E-state index contributed by atoms with van der Waals surface area (Å²) in [6, 6.07) is 10.2. The average Bonchev–Trinajstić information content (AvgIpc) is 2.81. The van der Waals surface area contributed by atoms with Gasteiger partial charge in [-0.2, -0.15) is 0 Å². The van der Waals surface area contributed by atoms with Crippen molar-refractivity contribution in [3.8, 4) is 11.4 Å². The van der Waals surface area contributed by atoms with Gasteiger partial charge >= 0.3 is 0 Å². The van der Waals surface area contributed by atoms with Crippen LogP contribution < -0.4 is 4.90 Å². The van der Waals surface area contributed by atoms with Crippen molar-refractivity contribution in [2.45, 2.75) is 78.6 Å². The molecule has 0 bridgehead atoms. The van der Waals surface area contributed by atoms with Gasteiger partial charge in [-0.1, -0.05) is 83.2 Å². The van der Waals surface area contributed by atoms with Gasteiger partial charge in [0.05, 0.1) is 0 Å². The first-order chi connectivity index (χ1) is 15.5. The molecule has 0 atom stereocenters. The van der Waals surface area contributed by atoms with E-state index in [1.165, 1.54) is 37.7 Å². The minimum Gasteiger partial charge on any atom is -0.353 e. The molecule has 1 fully saturated rings. The second-order valence-electron chi connectivity index (χ2n) is 9.28. The summed E-state index contributed by atoms with van der Waals surface area (Å²) in [6.45, 7) is 11.9. The highest BCUT2D eigenvalue weighted by atomic mass is 16.2. The van der Waals surface area contributed by atoms with E-state index in [2.05, 4.69) is 44.7 Å². The Bertz CT molecular complexity index is 857. The van der Waals surface area contributed by atoms with E-state index in [9.17, 15) is 4.79 Å². The number of aromatic nitrogens is 2. The molecule has 0 saturated carbocycles. The summed E-state index contributed by atoms with van der Waals surface area (Å²) in [4.78, 5) is 26.9. The van der Waals surface area contributed by atoms with Crippen LogP contribution in [0.15, 0.2) is 30.3 Å². The van der Waals surface area contributed by atoms with Crippen LogP contribution in [0.1, 0.15) is 82.9 Å². The number of amides is 1. The first-order valence-electron chi connectivity index (χ1n) is 12.5. The SMILES string of the molecule is CCCCCCCCC(=O)N1CCN(c2nc(-c3ccccc3)nc(C)c2C(C)C)CC1. The van der Waals surface area contributed by atoms with Crippen molar-refractivity contribution >= 4 is 11.7 Å². The van der Waals surface area contributed by atoms with Crippen LogP contribution in [0.5, 0.6) is 0 Å². The van der Waals surface area contributed by atoms with Gasteiger partial charge in [0.25, 0.3) is 0 Å². The summed E-state index contributed by atoms with van der Waals surface area (Å²) in [5, 5.41) is 0. The lowest BCUT2D eigenvalue weighted by atomic mass is 10.0. The highest BCUT2D eigenvalue weighted by Gasteiger charge is 2.26. The van der Waals surface area contributed by atoms with Gasteiger partial charge in [0, 0.05) is 49.4 Å². The standard InChI is InChI=1S/C27H40N4O/c1-5-6-7-8-9-13-16-24(32)30-17-19-31(20-18-30)27-25(21(2)3)22(4)28-26(29-27)23-14-11-10-12-15-23/h10-12,14-15,21H,5-9,13,16-20H2,1-4H3. The third-order valence-corrected chi connectivity index (χ3v) is 6.40. The topological polar surface area (TPSA) is 49.3 Å². The van der Waals surface area contributed by atoms with Crippen molar-refractivity contribution in [1.82, 2.24) is 14.9 Å². The number of rotatable bonds is 10. The number of benzene rings is 1. The maximum Gasteiger partial charge on any atom is 0.222 e. The fourth-order valence-corrected chi connectivity index (χ4v) is 4.58. The number of nitrogens with zero attached hydrogens (tertiary/aromatic N) is 4. The fraction of sp³-hybridized carbons (Fsp3) is 0.593. The number of unbranched alkanes of at least 4 members (excludes halogenated alkanes) is 5.